The average molecular weight is 532 g/mol. The molecule has 4 rings (SSSR count). The Bertz CT molecular complexity index is 1010. The van der Waals surface area contributed by atoms with Gasteiger partial charge >= 0.3 is 0 Å². The van der Waals surface area contributed by atoms with Gasteiger partial charge in [-0.1, -0.05) is 64.6 Å². The Morgan fingerprint density at radius 3 is 2.41 bits per heavy atom. The summed E-state index contributed by atoms with van der Waals surface area (Å²) in [5, 5.41) is 3.69. The number of aryl methyl sites for hydroxylation is 1. The molecule has 2 fully saturated rings. The van der Waals surface area contributed by atoms with Gasteiger partial charge in [0, 0.05) is 50.0 Å². The number of aromatic nitrogens is 2. The summed E-state index contributed by atoms with van der Waals surface area (Å²) in [5.74, 6) is 0.114. The normalized spacial score (nSPS) is 17.2. The molecule has 1 aliphatic carbocycles. The first-order chi connectivity index (χ1) is 18.0. The molecule has 1 aromatic heterocycles. The van der Waals surface area contributed by atoms with E-state index in [2.05, 4.69) is 34.0 Å². The van der Waals surface area contributed by atoms with Gasteiger partial charge in [0.2, 0.25) is 5.91 Å². The Kier molecular flexibility index (Phi) is 11.6. The van der Waals surface area contributed by atoms with E-state index >= 15 is 0 Å². The number of piperazine rings is 1. The summed E-state index contributed by atoms with van der Waals surface area (Å²) in [6.07, 6.45) is 9.39. The van der Waals surface area contributed by atoms with Crippen LogP contribution in [0.3, 0.4) is 0 Å². The van der Waals surface area contributed by atoms with E-state index in [1.807, 2.05) is 18.7 Å². The van der Waals surface area contributed by atoms with Crippen LogP contribution in [0, 0.1) is 5.82 Å². The van der Waals surface area contributed by atoms with E-state index in [0.29, 0.717) is 31.2 Å². The molecule has 2 aromatic rings. The van der Waals surface area contributed by atoms with E-state index in [0.717, 1.165) is 50.3 Å². The van der Waals surface area contributed by atoms with Crippen LogP contribution in [0.25, 0.3) is 0 Å². The quantitative estimate of drug-likeness (QED) is 0.468. The Morgan fingerprint density at radius 1 is 1.08 bits per heavy atom. The van der Waals surface area contributed by atoms with E-state index in [9.17, 15) is 9.18 Å². The molecule has 2 heterocycles. The van der Waals surface area contributed by atoms with Gasteiger partial charge in [0.15, 0.2) is 0 Å². The van der Waals surface area contributed by atoms with Crippen molar-refractivity contribution in [1.82, 2.24) is 20.2 Å². The van der Waals surface area contributed by atoms with Crippen LogP contribution in [-0.2, 0) is 17.6 Å². The van der Waals surface area contributed by atoms with Crippen LogP contribution >= 0.6 is 11.6 Å². The lowest BCUT2D eigenvalue weighted by Gasteiger charge is -2.38. The highest BCUT2D eigenvalue weighted by atomic mass is 35.5. The van der Waals surface area contributed by atoms with E-state index in [4.69, 9.17) is 11.6 Å². The van der Waals surface area contributed by atoms with Gasteiger partial charge in [0.1, 0.15) is 18.0 Å². The lowest BCUT2D eigenvalue weighted by molar-refractivity contribution is -0.133. The number of hydrogen-bond donors (Lipinski definition) is 1. The maximum absolute atomic E-state index is 14.3. The van der Waals surface area contributed by atoms with Gasteiger partial charge in [-0.2, -0.15) is 0 Å². The van der Waals surface area contributed by atoms with Crippen LogP contribution in [-0.4, -0.2) is 59.5 Å². The van der Waals surface area contributed by atoms with Gasteiger partial charge in [-0.15, -0.1) is 0 Å². The van der Waals surface area contributed by atoms with Crippen molar-refractivity contribution in [1.29, 1.82) is 0 Å². The number of hydrogen-bond acceptors (Lipinski definition) is 5. The van der Waals surface area contributed by atoms with Crippen molar-refractivity contribution in [3.63, 3.8) is 0 Å². The highest BCUT2D eigenvalue weighted by molar-refractivity contribution is 6.30. The first-order valence-electron chi connectivity index (χ1n) is 14.1. The first-order valence-corrected chi connectivity index (χ1v) is 14.4. The van der Waals surface area contributed by atoms with Crippen molar-refractivity contribution in [2.45, 2.75) is 84.6 Å². The number of carbonyl (C=O) groups is 1. The van der Waals surface area contributed by atoms with Crippen molar-refractivity contribution in [2.24, 2.45) is 0 Å². The second-order valence-corrected chi connectivity index (χ2v) is 10.0. The summed E-state index contributed by atoms with van der Waals surface area (Å²) in [4.78, 5) is 26.9. The molecular formula is C29H43ClFN5O. The number of amides is 1. The number of anilines is 1. The smallest absolute Gasteiger partial charge is 0.231 e. The zero-order chi connectivity index (χ0) is 26.8. The molecule has 1 saturated heterocycles. The third-order valence-corrected chi connectivity index (χ3v) is 7.76. The fraction of sp³-hybridized carbons (Fsp3) is 0.621. The van der Waals surface area contributed by atoms with Crippen molar-refractivity contribution < 1.29 is 9.18 Å². The fourth-order valence-electron chi connectivity index (χ4n) is 5.40. The highest BCUT2D eigenvalue weighted by Gasteiger charge is 2.31. The molecule has 1 amide bonds. The van der Waals surface area contributed by atoms with E-state index in [1.54, 1.807) is 18.5 Å². The number of rotatable bonds is 8. The lowest BCUT2D eigenvalue weighted by Crippen LogP contribution is -2.51. The molecule has 37 heavy (non-hydrogen) atoms. The monoisotopic (exact) mass is 531 g/mol. The largest absolute Gasteiger partial charge is 0.353 e. The summed E-state index contributed by atoms with van der Waals surface area (Å²) in [6, 6.07) is 5.18. The minimum absolute atomic E-state index is 0.0438. The fourth-order valence-corrected chi connectivity index (χ4v) is 5.52. The Morgan fingerprint density at radius 2 is 1.78 bits per heavy atom. The summed E-state index contributed by atoms with van der Waals surface area (Å²) >= 11 is 5.93. The van der Waals surface area contributed by atoms with E-state index in [1.165, 1.54) is 30.9 Å². The van der Waals surface area contributed by atoms with Crippen molar-refractivity contribution in [3.05, 3.63) is 52.2 Å². The van der Waals surface area contributed by atoms with Crippen LogP contribution in [0.2, 0.25) is 5.02 Å². The van der Waals surface area contributed by atoms with Crippen molar-refractivity contribution in [3.8, 4) is 0 Å². The first kappa shape index (κ1) is 29.3. The number of nitrogens with one attached hydrogen (secondary N) is 1. The molecule has 1 N–H and O–H groups in total. The van der Waals surface area contributed by atoms with Crippen LogP contribution in [0.15, 0.2) is 24.5 Å². The van der Waals surface area contributed by atoms with E-state index in [-0.39, 0.29) is 10.9 Å². The van der Waals surface area contributed by atoms with Crippen LogP contribution in [0.1, 0.15) is 82.5 Å². The van der Waals surface area contributed by atoms with Crippen molar-refractivity contribution >= 4 is 23.3 Å². The molecule has 0 radical (unpaired) electrons. The molecule has 1 unspecified atom stereocenters. The van der Waals surface area contributed by atoms with Crippen LogP contribution < -0.4 is 10.2 Å². The molecular weight excluding hydrogens is 489 g/mol. The van der Waals surface area contributed by atoms with Crippen LogP contribution in [0.4, 0.5) is 10.2 Å². The predicted molar refractivity (Wildman–Crippen MR) is 150 cm³/mol. The lowest BCUT2D eigenvalue weighted by atomic mass is 9.93. The summed E-state index contributed by atoms with van der Waals surface area (Å²) in [7, 11) is 0. The number of nitrogens with zero attached hydrogens (tertiary/aromatic N) is 4. The second kappa shape index (κ2) is 14.6. The van der Waals surface area contributed by atoms with Gasteiger partial charge < -0.3 is 15.1 Å². The van der Waals surface area contributed by atoms with Crippen LogP contribution in [0.5, 0.6) is 0 Å². The topological polar surface area (TPSA) is 61.4 Å². The number of halogens is 2. The van der Waals surface area contributed by atoms with Gasteiger partial charge in [-0.05, 0) is 43.4 Å². The molecule has 204 valence electrons. The molecule has 0 spiro atoms. The number of benzene rings is 1. The summed E-state index contributed by atoms with van der Waals surface area (Å²) < 4.78 is 14.3. The van der Waals surface area contributed by atoms with Gasteiger partial charge in [0.05, 0.1) is 10.9 Å². The molecule has 1 saturated carbocycles. The van der Waals surface area contributed by atoms with Gasteiger partial charge in [-0.3, -0.25) is 4.79 Å². The maximum Gasteiger partial charge on any atom is 0.231 e. The second-order valence-electron chi connectivity index (χ2n) is 9.61. The molecule has 1 aromatic carbocycles. The average Bonchev–Trinajstić information content (AvgIpc) is 2.96. The van der Waals surface area contributed by atoms with Gasteiger partial charge in [0.25, 0.3) is 0 Å². The standard InChI is InChI=1S/C27H37ClFN5O.C2H6/c1-3-21-25(4-2)31-18-32-26(21)33-12-14-34(15-13-33)27(35)22(17-30-20-8-6-5-7-9-20)19-10-11-23(28)24(29)16-19;1-2/h10-11,16,18,20,22,30H,3-9,12-15,17H2,1-2H3;1-2H3. The summed E-state index contributed by atoms with van der Waals surface area (Å²) in [6.45, 7) is 11.4. The highest BCUT2D eigenvalue weighted by Crippen LogP contribution is 2.27. The summed E-state index contributed by atoms with van der Waals surface area (Å²) in [5.41, 5.74) is 2.97. The van der Waals surface area contributed by atoms with E-state index < -0.39 is 11.7 Å². The predicted octanol–water partition coefficient (Wildman–Crippen LogP) is 5.77. The Hall–Kier alpha value is -2.25. The Labute approximate surface area is 227 Å². The third-order valence-electron chi connectivity index (χ3n) is 7.45. The third kappa shape index (κ3) is 7.41. The number of carbonyl (C=O) groups excluding carboxylic acids is 1. The van der Waals surface area contributed by atoms with Gasteiger partial charge in [-0.25, -0.2) is 14.4 Å². The molecule has 6 nitrogen and oxygen atoms in total. The van der Waals surface area contributed by atoms with Crippen molar-refractivity contribution in [2.75, 3.05) is 37.6 Å². The SMILES string of the molecule is CC.CCc1ncnc(N2CCN(C(=O)C(CNC3CCCCC3)c3ccc(Cl)c(F)c3)CC2)c1CC. The molecule has 2 aliphatic rings. The molecule has 8 heteroatoms. The Balaban J connectivity index is 0.00000186. The molecule has 0 bridgehead atoms. The zero-order valence-electron chi connectivity index (χ0n) is 22.9. The minimum Gasteiger partial charge on any atom is -0.353 e. The molecule has 1 aliphatic heterocycles. The molecule has 1 atom stereocenters. The minimum atomic E-state index is -0.480. The maximum atomic E-state index is 14.3. The zero-order valence-corrected chi connectivity index (χ0v) is 23.7.